The predicted octanol–water partition coefficient (Wildman–Crippen LogP) is 5.44. The van der Waals surface area contributed by atoms with Crippen LogP contribution in [0.5, 0.6) is 0 Å². The third-order valence-electron chi connectivity index (χ3n) is 7.92. The molecule has 9 heteroatoms. The Morgan fingerprint density at radius 3 is 2.71 bits per heavy atom. The normalized spacial score (nSPS) is 23.9. The molecule has 0 saturated heterocycles. The van der Waals surface area contributed by atoms with Gasteiger partial charge in [-0.3, -0.25) is 4.79 Å². The Bertz CT molecular complexity index is 1580. The number of pyridine rings is 1. The summed E-state index contributed by atoms with van der Waals surface area (Å²) in [6, 6.07) is 3.11. The van der Waals surface area contributed by atoms with Gasteiger partial charge in [0.2, 0.25) is 0 Å². The Kier molecular flexibility index (Phi) is 4.36. The van der Waals surface area contributed by atoms with E-state index >= 15 is 0 Å². The number of H-pyrrole nitrogens is 1. The van der Waals surface area contributed by atoms with Gasteiger partial charge in [-0.15, -0.1) is 0 Å². The smallest absolute Gasteiger partial charge is 0.308 e. The number of hydrogen-bond donors (Lipinski definition) is 2. The predicted molar refractivity (Wildman–Crippen MR) is 126 cm³/mol. The average molecular weight is 471 g/mol. The number of carbonyl (C=O) groups is 1. The Morgan fingerprint density at radius 1 is 1.11 bits per heavy atom. The summed E-state index contributed by atoms with van der Waals surface area (Å²) in [5, 5.41) is 11.6. The Hall–Kier alpha value is -4.01. The lowest BCUT2D eigenvalue weighted by Gasteiger charge is -2.47. The quantitative estimate of drug-likeness (QED) is 0.361. The van der Waals surface area contributed by atoms with Crippen molar-refractivity contribution in [2.45, 2.75) is 31.7 Å². The Morgan fingerprint density at radius 2 is 1.94 bits per heavy atom. The summed E-state index contributed by atoms with van der Waals surface area (Å²) in [4.78, 5) is 29.1. The van der Waals surface area contributed by atoms with Crippen LogP contribution in [0.15, 0.2) is 53.9 Å². The fraction of sp³-hybridized carbons (Fsp3) is 0.308. The van der Waals surface area contributed by atoms with Crippen molar-refractivity contribution in [1.82, 2.24) is 24.5 Å². The maximum atomic E-state index is 13.9. The molecule has 8 nitrogen and oxygen atoms in total. The molecular formula is C26H22FN5O3. The summed E-state index contributed by atoms with van der Waals surface area (Å²) in [7, 11) is 0. The van der Waals surface area contributed by atoms with Gasteiger partial charge in [-0.05, 0) is 49.7 Å². The molecule has 3 aliphatic rings. The van der Waals surface area contributed by atoms with E-state index in [1.807, 2.05) is 12.3 Å². The molecule has 5 heterocycles. The maximum absolute atomic E-state index is 13.9. The van der Waals surface area contributed by atoms with Gasteiger partial charge in [0.25, 0.3) is 0 Å². The van der Waals surface area contributed by atoms with Crippen LogP contribution in [0.4, 0.5) is 4.39 Å². The zero-order chi connectivity index (χ0) is 23.7. The third-order valence-corrected chi connectivity index (χ3v) is 7.92. The molecule has 0 unspecified atom stereocenters. The van der Waals surface area contributed by atoms with Crippen LogP contribution in [-0.2, 0) is 4.79 Å². The molecule has 5 aromatic rings. The van der Waals surface area contributed by atoms with Crippen molar-refractivity contribution in [2.24, 2.45) is 17.8 Å². The first-order chi connectivity index (χ1) is 17.1. The van der Waals surface area contributed by atoms with E-state index in [9.17, 15) is 14.3 Å². The molecule has 35 heavy (non-hydrogen) atoms. The number of halogens is 1. The molecule has 2 bridgehead atoms. The van der Waals surface area contributed by atoms with Crippen molar-refractivity contribution >= 4 is 28.0 Å². The molecule has 0 aliphatic heterocycles. The third kappa shape index (κ3) is 3.03. The molecule has 0 amide bonds. The van der Waals surface area contributed by atoms with Gasteiger partial charge in [0.1, 0.15) is 17.1 Å². The van der Waals surface area contributed by atoms with E-state index in [1.165, 1.54) is 12.3 Å². The largest absolute Gasteiger partial charge is 0.481 e. The van der Waals surface area contributed by atoms with Crippen LogP contribution in [0.25, 0.3) is 44.6 Å². The number of fused-ring (bicyclic) bond motifs is 5. The van der Waals surface area contributed by atoms with E-state index < -0.39 is 17.7 Å². The van der Waals surface area contributed by atoms with Crippen LogP contribution < -0.4 is 0 Å². The number of furan rings is 1. The van der Waals surface area contributed by atoms with Crippen LogP contribution in [0.3, 0.4) is 0 Å². The monoisotopic (exact) mass is 471 g/mol. The number of rotatable bonds is 4. The van der Waals surface area contributed by atoms with E-state index in [2.05, 4.69) is 19.5 Å². The Labute approximate surface area is 198 Å². The first-order valence-electron chi connectivity index (χ1n) is 11.8. The first-order valence-corrected chi connectivity index (χ1v) is 11.8. The lowest BCUT2D eigenvalue weighted by molar-refractivity contribution is -0.151. The van der Waals surface area contributed by atoms with E-state index in [1.54, 1.807) is 24.9 Å². The number of hydrogen-bond acceptors (Lipinski definition) is 5. The number of aromatic amines is 1. The molecule has 5 aromatic heterocycles. The van der Waals surface area contributed by atoms with Gasteiger partial charge in [-0.1, -0.05) is 0 Å². The molecule has 2 N–H and O–H groups in total. The number of carboxylic acids is 1. The van der Waals surface area contributed by atoms with Crippen LogP contribution in [0.2, 0.25) is 0 Å². The minimum atomic E-state index is -0.747. The highest BCUT2D eigenvalue weighted by molar-refractivity contribution is 5.96. The van der Waals surface area contributed by atoms with Gasteiger partial charge in [0, 0.05) is 46.1 Å². The van der Waals surface area contributed by atoms with Crippen LogP contribution in [-0.4, -0.2) is 35.6 Å². The summed E-state index contributed by atoms with van der Waals surface area (Å²) in [5.74, 6) is -0.765. The van der Waals surface area contributed by atoms with Crippen molar-refractivity contribution in [3.8, 4) is 22.5 Å². The van der Waals surface area contributed by atoms with Crippen LogP contribution in [0.1, 0.15) is 31.7 Å². The fourth-order valence-electron chi connectivity index (χ4n) is 6.36. The molecular weight excluding hydrogens is 449 g/mol. The van der Waals surface area contributed by atoms with Crippen LogP contribution in [0, 0.1) is 23.6 Å². The van der Waals surface area contributed by atoms with Gasteiger partial charge in [-0.25, -0.2) is 19.3 Å². The highest BCUT2D eigenvalue weighted by atomic mass is 19.1. The minimum Gasteiger partial charge on any atom is -0.481 e. The molecule has 8 rings (SSSR count). The second-order valence-corrected chi connectivity index (χ2v) is 9.67. The lowest BCUT2D eigenvalue weighted by atomic mass is 9.61. The zero-order valence-electron chi connectivity index (χ0n) is 18.7. The average Bonchev–Trinajstić information content (AvgIpc) is 3.62. The fourth-order valence-corrected chi connectivity index (χ4v) is 6.36. The van der Waals surface area contributed by atoms with Gasteiger partial charge >= 0.3 is 5.97 Å². The number of nitrogens with one attached hydrogen (secondary N) is 1. The van der Waals surface area contributed by atoms with E-state index in [4.69, 9.17) is 9.40 Å². The standard InChI is InChI=1S/C26H22FN5O3/c27-16-7-17-18(9-29-23(17)28-8-16)24-30-10-19-20(15-5-6-35-12-15)11-32(25(19)31-24)22-14-3-1-13(2-4-14)21(22)26(33)34/h5-14,21-22H,1-4H2,(H,28,29)(H,33,34)/t13?,14?,21-,22-/m1/s1. The van der Waals surface area contributed by atoms with E-state index in [0.29, 0.717) is 28.1 Å². The molecule has 0 radical (unpaired) electrons. The maximum Gasteiger partial charge on any atom is 0.308 e. The van der Waals surface area contributed by atoms with Gasteiger partial charge in [-0.2, -0.15) is 0 Å². The number of nitrogens with zero attached hydrogens (tertiary/aromatic N) is 4. The van der Waals surface area contributed by atoms with Crippen molar-refractivity contribution in [2.75, 3.05) is 0 Å². The lowest BCUT2D eigenvalue weighted by Crippen LogP contribution is -2.44. The van der Waals surface area contributed by atoms with E-state index in [-0.39, 0.29) is 17.9 Å². The van der Waals surface area contributed by atoms with Crippen molar-refractivity contribution < 1.29 is 18.7 Å². The minimum absolute atomic E-state index is 0.168. The summed E-state index contributed by atoms with van der Waals surface area (Å²) < 4.78 is 21.3. The van der Waals surface area contributed by atoms with E-state index in [0.717, 1.165) is 42.2 Å². The van der Waals surface area contributed by atoms with Gasteiger partial charge < -0.3 is 19.1 Å². The molecule has 0 spiro atoms. The molecule has 3 fully saturated rings. The molecule has 176 valence electrons. The van der Waals surface area contributed by atoms with Crippen molar-refractivity contribution in [1.29, 1.82) is 0 Å². The first kappa shape index (κ1) is 20.4. The second-order valence-electron chi connectivity index (χ2n) is 9.67. The van der Waals surface area contributed by atoms with Crippen LogP contribution >= 0.6 is 0 Å². The zero-order valence-corrected chi connectivity index (χ0v) is 18.7. The van der Waals surface area contributed by atoms with Crippen molar-refractivity contribution in [3.05, 3.63) is 55.3 Å². The molecule has 3 aliphatic carbocycles. The summed E-state index contributed by atoms with van der Waals surface area (Å²) in [6.45, 7) is 0. The second kappa shape index (κ2) is 7.49. The summed E-state index contributed by atoms with van der Waals surface area (Å²) in [6.07, 6.45) is 13.9. The number of carboxylic acid groups (broad SMARTS) is 1. The molecule has 0 aromatic carbocycles. The summed E-state index contributed by atoms with van der Waals surface area (Å²) >= 11 is 0. The van der Waals surface area contributed by atoms with Crippen molar-refractivity contribution in [3.63, 3.8) is 0 Å². The Balaban J connectivity index is 1.46. The topological polar surface area (TPSA) is 110 Å². The highest BCUT2D eigenvalue weighted by Crippen LogP contribution is 2.52. The number of aliphatic carboxylic acids is 1. The molecule has 3 saturated carbocycles. The SMILES string of the molecule is O=C(O)[C@@H]1C2CCC(CC2)[C@H]1n1cc(-c2ccoc2)c2cnc(-c3c[nH]c4ncc(F)cc34)nc21. The number of aromatic nitrogens is 5. The molecule has 2 atom stereocenters. The van der Waals surface area contributed by atoms with Gasteiger partial charge in [0.05, 0.1) is 30.7 Å². The summed E-state index contributed by atoms with van der Waals surface area (Å²) in [5.41, 5.74) is 3.66. The van der Waals surface area contributed by atoms with Gasteiger partial charge in [0.15, 0.2) is 5.82 Å². The highest BCUT2D eigenvalue weighted by Gasteiger charge is 2.48.